The molecule has 0 unspecified atom stereocenters. The van der Waals surface area contributed by atoms with Crippen LogP contribution in [0.1, 0.15) is 0 Å². The Kier molecular flexibility index (Phi) is 4.17. The fourth-order valence-electron chi connectivity index (χ4n) is 2.58. The Hall–Kier alpha value is -2.78. The quantitative estimate of drug-likeness (QED) is 0.479. The standard InChI is InChI=1S/C21H16N2S/c1-3-8-17(9-4-1)18-10-7-13-20(16-18)24-21-14-15-23(22-21)19-11-5-2-6-12-19/h1-16H. The molecule has 0 atom stereocenters. The first kappa shape index (κ1) is 14.8. The van der Waals surface area contributed by atoms with E-state index in [1.807, 2.05) is 41.2 Å². The van der Waals surface area contributed by atoms with Crippen LogP contribution in [0, 0.1) is 0 Å². The second-order valence-electron chi connectivity index (χ2n) is 5.43. The van der Waals surface area contributed by atoms with Crippen molar-refractivity contribution in [1.29, 1.82) is 0 Å². The maximum absolute atomic E-state index is 4.66. The van der Waals surface area contributed by atoms with E-state index < -0.39 is 0 Å². The SMILES string of the molecule is c1ccc(-c2cccc(Sc3ccn(-c4ccccc4)n3)c2)cc1. The summed E-state index contributed by atoms with van der Waals surface area (Å²) in [6, 6.07) is 31.2. The first-order valence-corrected chi connectivity index (χ1v) is 8.64. The number of hydrogen-bond donors (Lipinski definition) is 0. The molecule has 0 spiro atoms. The van der Waals surface area contributed by atoms with E-state index in [4.69, 9.17) is 0 Å². The molecule has 0 bridgehead atoms. The Bertz CT molecular complexity index is 930. The molecule has 2 nitrogen and oxygen atoms in total. The molecule has 3 heteroatoms. The van der Waals surface area contributed by atoms with E-state index in [9.17, 15) is 0 Å². The maximum Gasteiger partial charge on any atom is 0.123 e. The van der Waals surface area contributed by atoms with Crippen molar-refractivity contribution >= 4 is 11.8 Å². The smallest absolute Gasteiger partial charge is 0.123 e. The molecule has 0 N–H and O–H groups in total. The first-order chi connectivity index (χ1) is 11.9. The van der Waals surface area contributed by atoms with Crippen molar-refractivity contribution in [2.45, 2.75) is 9.92 Å². The van der Waals surface area contributed by atoms with Crippen LogP contribution in [-0.4, -0.2) is 9.78 Å². The monoisotopic (exact) mass is 328 g/mol. The fourth-order valence-corrected chi connectivity index (χ4v) is 3.41. The summed E-state index contributed by atoms with van der Waals surface area (Å²) in [5, 5.41) is 5.65. The van der Waals surface area contributed by atoms with Crippen LogP contribution < -0.4 is 0 Å². The molecule has 0 aliphatic heterocycles. The van der Waals surface area contributed by atoms with Gasteiger partial charge in [-0.05, 0) is 41.5 Å². The molecule has 4 rings (SSSR count). The molecule has 0 fully saturated rings. The summed E-state index contributed by atoms with van der Waals surface area (Å²) < 4.78 is 1.91. The van der Waals surface area contributed by atoms with Gasteiger partial charge in [0.05, 0.1) is 5.69 Å². The van der Waals surface area contributed by atoms with Gasteiger partial charge in [0, 0.05) is 11.1 Å². The van der Waals surface area contributed by atoms with Crippen molar-refractivity contribution in [3.05, 3.63) is 97.2 Å². The van der Waals surface area contributed by atoms with Crippen molar-refractivity contribution in [3.63, 3.8) is 0 Å². The molecular formula is C21H16N2S. The van der Waals surface area contributed by atoms with Crippen LogP contribution in [0.25, 0.3) is 16.8 Å². The van der Waals surface area contributed by atoms with Crippen molar-refractivity contribution in [2.75, 3.05) is 0 Å². The molecule has 0 amide bonds. The third-order valence-electron chi connectivity index (χ3n) is 3.75. The minimum Gasteiger partial charge on any atom is -0.240 e. The second-order valence-corrected chi connectivity index (χ2v) is 6.52. The van der Waals surface area contributed by atoms with Gasteiger partial charge in [-0.2, -0.15) is 5.10 Å². The number of rotatable bonds is 4. The lowest BCUT2D eigenvalue weighted by atomic mass is 10.1. The summed E-state index contributed by atoms with van der Waals surface area (Å²) >= 11 is 1.68. The van der Waals surface area contributed by atoms with E-state index in [1.54, 1.807) is 11.8 Å². The topological polar surface area (TPSA) is 17.8 Å². The van der Waals surface area contributed by atoms with E-state index in [-0.39, 0.29) is 0 Å². The zero-order chi connectivity index (χ0) is 16.2. The van der Waals surface area contributed by atoms with Crippen LogP contribution in [0.4, 0.5) is 0 Å². The highest BCUT2D eigenvalue weighted by atomic mass is 32.2. The lowest BCUT2D eigenvalue weighted by molar-refractivity contribution is 0.837. The molecule has 4 aromatic rings. The van der Waals surface area contributed by atoms with Crippen LogP contribution in [0.5, 0.6) is 0 Å². The average Bonchev–Trinajstić information content (AvgIpc) is 3.12. The summed E-state index contributed by atoms with van der Waals surface area (Å²) in [6.45, 7) is 0. The molecule has 24 heavy (non-hydrogen) atoms. The van der Waals surface area contributed by atoms with Gasteiger partial charge in [-0.25, -0.2) is 4.68 Å². The highest BCUT2D eigenvalue weighted by Gasteiger charge is 2.05. The molecule has 3 aromatic carbocycles. The van der Waals surface area contributed by atoms with Crippen molar-refractivity contribution < 1.29 is 0 Å². The van der Waals surface area contributed by atoms with E-state index in [1.165, 1.54) is 16.0 Å². The van der Waals surface area contributed by atoms with Crippen LogP contribution in [0.2, 0.25) is 0 Å². The normalized spacial score (nSPS) is 10.7. The Morgan fingerprint density at radius 3 is 2.17 bits per heavy atom. The zero-order valence-electron chi connectivity index (χ0n) is 13.0. The van der Waals surface area contributed by atoms with E-state index in [0.29, 0.717) is 0 Å². The largest absolute Gasteiger partial charge is 0.240 e. The molecule has 0 saturated heterocycles. The van der Waals surface area contributed by atoms with Gasteiger partial charge in [0.2, 0.25) is 0 Å². The van der Waals surface area contributed by atoms with Gasteiger partial charge in [0.15, 0.2) is 0 Å². The fraction of sp³-hybridized carbons (Fsp3) is 0. The third kappa shape index (κ3) is 3.26. The van der Waals surface area contributed by atoms with Gasteiger partial charge in [0.1, 0.15) is 5.03 Å². The number of para-hydroxylation sites is 1. The Morgan fingerprint density at radius 1 is 0.667 bits per heavy atom. The number of hydrogen-bond acceptors (Lipinski definition) is 2. The number of benzene rings is 3. The van der Waals surface area contributed by atoms with Crippen LogP contribution >= 0.6 is 11.8 Å². The molecule has 0 aliphatic rings. The highest BCUT2D eigenvalue weighted by molar-refractivity contribution is 7.99. The Morgan fingerprint density at radius 2 is 1.38 bits per heavy atom. The minimum atomic E-state index is 0.990. The van der Waals surface area contributed by atoms with Gasteiger partial charge in [-0.1, -0.05) is 72.4 Å². The van der Waals surface area contributed by atoms with Crippen LogP contribution in [-0.2, 0) is 0 Å². The maximum atomic E-state index is 4.66. The molecule has 0 radical (unpaired) electrons. The van der Waals surface area contributed by atoms with E-state index in [0.717, 1.165) is 10.7 Å². The van der Waals surface area contributed by atoms with Crippen molar-refractivity contribution in [2.24, 2.45) is 0 Å². The molecule has 0 saturated carbocycles. The second kappa shape index (κ2) is 6.77. The highest BCUT2D eigenvalue weighted by Crippen LogP contribution is 2.30. The number of nitrogens with zero attached hydrogens (tertiary/aromatic N) is 2. The minimum absolute atomic E-state index is 0.990. The first-order valence-electron chi connectivity index (χ1n) is 7.83. The summed E-state index contributed by atoms with van der Waals surface area (Å²) in [5.74, 6) is 0. The summed E-state index contributed by atoms with van der Waals surface area (Å²) in [6.07, 6.45) is 2.00. The molecule has 0 aliphatic carbocycles. The predicted octanol–water partition coefficient (Wildman–Crippen LogP) is 5.69. The Labute approximate surface area is 145 Å². The van der Waals surface area contributed by atoms with Crippen molar-refractivity contribution in [3.8, 4) is 16.8 Å². The molecular weight excluding hydrogens is 312 g/mol. The van der Waals surface area contributed by atoms with Crippen LogP contribution in [0.3, 0.4) is 0 Å². The summed E-state index contributed by atoms with van der Waals surface area (Å²) in [7, 11) is 0. The van der Waals surface area contributed by atoms with E-state index in [2.05, 4.69) is 65.8 Å². The third-order valence-corrected chi connectivity index (χ3v) is 4.67. The van der Waals surface area contributed by atoms with Crippen LogP contribution in [0.15, 0.2) is 107 Å². The molecule has 1 aromatic heterocycles. The lowest BCUT2D eigenvalue weighted by Gasteiger charge is -2.04. The predicted molar refractivity (Wildman–Crippen MR) is 99.6 cm³/mol. The summed E-state index contributed by atoms with van der Waals surface area (Å²) in [4.78, 5) is 1.19. The van der Waals surface area contributed by atoms with Gasteiger partial charge >= 0.3 is 0 Å². The lowest BCUT2D eigenvalue weighted by Crippen LogP contribution is -1.93. The number of aromatic nitrogens is 2. The average molecular weight is 328 g/mol. The van der Waals surface area contributed by atoms with Crippen molar-refractivity contribution in [1.82, 2.24) is 9.78 Å². The summed E-state index contributed by atoms with van der Waals surface area (Å²) in [5.41, 5.74) is 3.53. The van der Waals surface area contributed by atoms with Gasteiger partial charge in [-0.15, -0.1) is 0 Å². The zero-order valence-corrected chi connectivity index (χ0v) is 13.9. The van der Waals surface area contributed by atoms with Gasteiger partial charge in [0.25, 0.3) is 0 Å². The van der Waals surface area contributed by atoms with Gasteiger partial charge in [-0.3, -0.25) is 0 Å². The van der Waals surface area contributed by atoms with Gasteiger partial charge < -0.3 is 0 Å². The van der Waals surface area contributed by atoms with E-state index >= 15 is 0 Å². The molecule has 116 valence electrons. The Balaban J connectivity index is 1.57. The molecule has 1 heterocycles.